The van der Waals surface area contributed by atoms with Crippen molar-refractivity contribution in [3.05, 3.63) is 52.0 Å². The SMILES string of the molecule is Cn1c(=O)oc2ccc(CNC(=O)c3ncnc4c3NNC4NCC3CCCCC3)cc21. The van der Waals surface area contributed by atoms with Gasteiger partial charge in [0, 0.05) is 13.6 Å². The Kier molecular flexibility index (Phi) is 5.62. The third-order valence-corrected chi connectivity index (χ3v) is 6.35. The molecule has 1 fully saturated rings. The van der Waals surface area contributed by atoms with E-state index in [4.69, 9.17) is 4.42 Å². The Morgan fingerprint density at radius 3 is 2.94 bits per heavy atom. The van der Waals surface area contributed by atoms with E-state index in [9.17, 15) is 9.59 Å². The van der Waals surface area contributed by atoms with Gasteiger partial charge in [0.15, 0.2) is 11.3 Å². The first kappa shape index (κ1) is 20.7. The second-order valence-electron chi connectivity index (χ2n) is 8.51. The summed E-state index contributed by atoms with van der Waals surface area (Å²) >= 11 is 0. The molecule has 0 bridgehead atoms. The van der Waals surface area contributed by atoms with Gasteiger partial charge in [0.2, 0.25) is 0 Å². The van der Waals surface area contributed by atoms with Gasteiger partial charge in [-0.2, -0.15) is 0 Å². The number of nitrogens with one attached hydrogen (secondary N) is 4. The van der Waals surface area contributed by atoms with E-state index in [1.54, 1.807) is 13.1 Å². The molecule has 1 unspecified atom stereocenters. The van der Waals surface area contributed by atoms with Crippen molar-refractivity contribution in [3.8, 4) is 0 Å². The number of aryl methyl sites for hydroxylation is 1. The number of benzene rings is 1. The number of nitrogens with zero attached hydrogens (tertiary/aromatic N) is 3. The van der Waals surface area contributed by atoms with Crippen LogP contribution in [-0.4, -0.2) is 27.0 Å². The van der Waals surface area contributed by atoms with Gasteiger partial charge in [0.25, 0.3) is 5.91 Å². The number of carbonyl (C=O) groups excluding carboxylic acids is 1. The molecule has 0 spiro atoms. The quantitative estimate of drug-likeness (QED) is 0.461. The van der Waals surface area contributed by atoms with Gasteiger partial charge in [-0.25, -0.2) is 20.2 Å². The largest absolute Gasteiger partial charge is 0.419 e. The van der Waals surface area contributed by atoms with E-state index in [0.29, 0.717) is 34.9 Å². The van der Waals surface area contributed by atoms with Crippen molar-refractivity contribution in [3.63, 3.8) is 0 Å². The van der Waals surface area contributed by atoms with Crippen LogP contribution >= 0.6 is 0 Å². The lowest BCUT2D eigenvalue weighted by Crippen LogP contribution is -2.35. The molecule has 3 heterocycles. The number of oxazole rings is 1. The Morgan fingerprint density at radius 2 is 2.09 bits per heavy atom. The second-order valence-corrected chi connectivity index (χ2v) is 8.51. The lowest BCUT2D eigenvalue weighted by molar-refractivity contribution is 0.0946. The van der Waals surface area contributed by atoms with Crippen LogP contribution in [0.5, 0.6) is 0 Å². The number of amides is 1. The van der Waals surface area contributed by atoms with E-state index in [1.165, 1.54) is 43.0 Å². The van der Waals surface area contributed by atoms with Gasteiger partial charge in [-0.3, -0.25) is 14.7 Å². The van der Waals surface area contributed by atoms with E-state index < -0.39 is 5.76 Å². The van der Waals surface area contributed by atoms with Crippen LogP contribution in [-0.2, 0) is 13.6 Å². The highest BCUT2D eigenvalue weighted by Gasteiger charge is 2.29. The van der Waals surface area contributed by atoms with E-state index in [2.05, 4.69) is 31.5 Å². The Hall–Kier alpha value is -3.24. The number of carbonyl (C=O) groups is 1. The summed E-state index contributed by atoms with van der Waals surface area (Å²) in [5.74, 6) is -0.0266. The van der Waals surface area contributed by atoms with Crippen LogP contribution in [0.1, 0.15) is 60.0 Å². The van der Waals surface area contributed by atoms with Crippen molar-refractivity contribution in [2.24, 2.45) is 13.0 Å². The molecule has 10 nitrogen and oxygen atoms in total. The molecule has 0 radical (unpaired) electrons. The minimum Gasteiger partial charge on any atom is -0.408 e. The molecule has 0 saturated heterocycles. The monoisotopic (exact) mass is 437 g/mol. The van der Waals surface area contributed by atoms with Crippen LogP contribution < -0.4 is 27.2 Å². The highest BCUT2D eigenvalue weighted by molar-refractivity contribution is 5.98. The maximum Gasteiger partial charge on any atom is 0.419 e. The normalized spacial score (nSPS) is 18.5. The zero-order valence-corrected chi connectivity index (χ0v) is 18.0. The minimum atomic E-state index is -0.414. The van der Waals surface area contributed by atoms with Gasteiger partial charge in [-0.05, 0) is 43.0 Å². The number of hydrogen-bond acceptors (Lipinski definition) is 8. The maximum atomic E-state index is 12.9. The third-order valence-electron chi connectivity index (χ3n) is 6.35. The Balaban J connectivity index is 1.25. The molecule has 1 atom stereocenters. The summed E-state index contributed by atoms with van der Waals surface area (Å²) in [4.78, 5) is 33.1. The summed E-state index contributed by atoms with van der Waals surface area (Å²) in [6, 6.07) is 5.38. The van der Waals surface area contributed by atoms with E-state index >= 15 is 0 Å². The molecule has 1 saturated carbocycles. The predicted molar refractivity (Wildman–Crippen MR) is 119 cm³/mol. The van der Waals surface area contributed by atoms with Crippen LogP contribution in [0.15, 0.2) is 33.7 Å². The molecule has 32 heavy (non-hydrogen) atoms. The fourth-order valence-corrected chi connectivity index (χ4v) is 4.50. The van der Waals surface area contributed by atoms with Crippen molar-refractivity contribution in [1.82, 2.24) is 30.6 Å². The molecular formula is C22H27N7O3. The first-order valence-electron chi connectivity index (χ1n) is 11.1. The zero-order chi connectivity index (χ0) is 22.1. The summed E-state index contributed by atoms with van der Waals surface area (Å²) < 4.78 is 6.59. The highest BCUT2D eigenvalue weighted by Crippen LogP contribution is 2.28. The van der Waals surface area contributed by atoms with Crippen molar-refractivity contribution < 1.29 is 9.21 Å². The van der Waals surface area contributed by atoms with Crippen molar-refractivity contribution >= 4 is 22.7 Å². The average Bonchev–Trinajstić information content (AvgIpc) is 3.37. The molecule has 2 aliphatic rings. The topological polar surface area (TPSA) is 126 Å². The van der Waals surface area contributed by atoms with Crippen LogP contribution in [0.25, 0.3) is 11.1 Å². The van der Waals surface area contributed by atoms with Gasteiger partial charge in [0.05, 0.1) is 5.52 Å². The van der Waals surface area contributed by atoms with Crippen LogP contribution in [0.3, 0.4) is 0 Å². The molecule has 1 aliphatic heterocycles. The molecule has 5 rings (SSSR count). The second kappa shape index (κ2) is 8.71. The van der Waals surface area contributed by atoms with Crippen molar-refractivity contribution in [2.45, 2.75) is 44.8 Å². The average molecular weight is 438 g/mol. The molecule has 3 aromatic rings. The summed E-state index contributed by atoms with van der Waals surface area (Å²) in [6.45, 7) is 1.22. The lowest BCUT2D eigenvalue weighted by atomic mass is 9.89. The number of hydrogen-bond donors (Lipinski definition) is 4. The predicted octanol–water partition coefficient (Wildman–Crippen LogP) is 1.95. The van der Waals surface area contributed by atoms with E-state index in [0.717, 1.165) is 17.8 Å². The fraction of sp³-hybridized carbons (Fsp3) is 0.455. The van der Waals surface area contributed by atoms with E-state index in [1.807, 2.05) is 12.1 Å². The molecule has 10 heteroatoms. The molecular weight excluding hydrogens is 410 g/mol. The smallest absolute Gasteiger partial charge is 0.408 e. The summed E-state index contributed by atoms with van der Waals surface area (Å²) in [5, 5.41) is 6.42. The zero-order valence-electron chi connectivity index (χ0n) is 18.0. The van der Waals surface area contributed by atoms with E-state index in [-0.39, 0.29) is 12.1 Å². The summed E-state index contributed by atoms with van der Waals surface area (Å²) in [5.41, 5.74) is 9.93. The van der Waals surface area contributed by atoms with Gasteiger partial charge in [0.1, 0.15) is 23.9 Å². The van der Waals surface area contributed by atoms with Gasteiger partial charge < -0.3 is 15.2 Å². The standard InChI is InChI=1S/C22H27N7O3/c1-29-15-9-14(7-8-16(15)32-22(29)31)11-24-21(30)19-17-18(25-12-26-19)20(28-27-17)23-10-13-5-3-2-4-6-13/h7-9,12-13,20,23,27-28H,2-6,10-11H2,1H3,(H,24,30). The van der Waals surface area contributed by atoms with Crippen LogP contribution in [0.4, 0.5) is 5.69 Å². The van der Waals surface area contributed by atoms with Gasteiger partial charge in [-0.1, -0.05) is 25.3 Å². The molecule has 1 aliphatic carbocycles. The fourth-order valence-electron chi connectivity index (χ4n) is 4.50. The number of fused-ring (bicyclic) bond motifs is 2. The number of anilines is 1. The van der Waals surface area contributed by atoms with Crippen molar-refractivity contribution in [1.29, 1.82) is 0 Å². The molecule has 1 aromatic carbocycles. The van der Waals surface area contributed by atoms with Crippen molar-refractivity contribution in [2.75, 3.05) is 12.0 Å². The lowest BCUT2D eigenvalue weighted by Gasteiger charge is -2.23. The Morgan fingerprint density at radius 1 is 1.25 bits per heavy atom. The maximum absolute atomic E-state index is 12.9. The first-order valence-corrected chi connectivity index (χ1v) is 11.1. The number of rotatable bonds is 6. The number of aromatic nitrogens is 3. The summed E-state index contributed by atoms with van der Waals surface area (Å²) in [7, 11) is 1.65. The molecule has 4 N–H and O–H groups in total. The van der Waals surface area contributed by atoms with Gasteiger partial charge >= 0.3 is 5.76 Å². The molecule has 168 valence electrons. The Bertz CT molecular complexity index is 1200. The molecule has 1 amide bonds. The highest BCUT2D eigenvalue weighted by atomic mass is 16.4. The van der Waals surface area contributed by atoms with Crippen LogP contribution in [0, 0.1) is 5.92 Å². The van der Waals surface area contributed by atoms with Crippen LogP contribution in [0.2, 0.25) is 0 Å². The summed E-state index contributed by atoms with van der Waals surface area (Å²) in [6.07, 6.45) is 7.72. The van der Waals surface area contributed by atoms with Gasteiger partial charge in [-0.15, -0.1) is 0 Å². The Labute approximate surface area is 184 Å². The number of hydrazine groups is 1. The molecule has 2 aromatic heterocycles. The first-order chi connectivity index (χ1) is 15.6. The third kappa shape index (κ3) is 3.98. The minimum absolute atomic E-state index is 0.161.